The van der Waals surface area contributed by atoms with Crippen LogP contribution in [0, 0.1) is 0 Å². The topological polar surface area (TPSA) is 26.3 Å². The predicted octanol–water partition coefficient (Wildman–Crippen LogP) is 2.98. The summed E-state index contributed by atoms with van der Waals surface area (Å²) in [7, 11) is 1.27. The molecule has 0 N–H and O–H groups in total. The Labute approximate surface area is 78.8 Å². The lowest BCUT2D eigenvalue weighted by atomic mass is 10.1. The molecule has 0 aliphatic rings. The van der Waals surface area contributed by atoms with Crippen molar-refractivity contribution in [1.29, 1.82) is 0 Å². The molecule has 0 aromatic rings. The fraction of sp³-hybridized carbons (Fsp3) is 0.700. The molecule has 2 nitrogen and oxygen atoms in total. The van der Waals surface area contributed by atoms with Gasteiger partial charge in [-0.3, -0.25) is 0 Å². The molecule has 0 aromatic carbocycles. The van der Waals surface area contributed by atoms with Gasteiger partial charge in [0.2, 0.25) is 0 Å². The average Bonchev–Trinajstić information content (AvgIpc) is 2.15. The minimum Gasteiger partial charge on any atom is -0.466 e. The second kappa shape index (κ2) is 6.63. The lowest BCUT2D eigenvalue weighted by Gasteiger charge is -2.04. The smallest absolute Gasteiger partial charge is 0.336 e. The van der Waals surface area contributed by atoms with E-state index in [-0.39, 0.29) is 11.4 Å². The molecule has 3 heteroatoms. The fourth-order valence-electron chi connectivity index (χ4n) is 1.05. The van der Waals surface area contributed by atoms with Crippen molar-refractivity contribution >= 4 is 5.97 Å². The first-order valence-electron chi connectivity index (χ1n) is 4.63. The molecule has 0 radical (unpaired) electrons. The van der Waals surface area contributed by atoms with Gasteiger partial charge in [0, 0.05) is 0 Å². The van der Waals surface area contributed by atoms with E-state index in [4.69, 9.17) is 0 Å². The normalized spacial score (nSPS) is 12.3. The van der Waals surface area contributed by atoms with E-state index in [0.717, 1.165) is 12.8 Å². The third-order valence-corrected chi connectivity index (χ3v) is 1.86. The van der Waals surface area contributed by atoms with Crippen molar-refractivity contribution in [1.82, 2.24) is 0 Å². The van der Waals surface area contributed by atoms with E-state index >= 15 is 0 Å². The molecule has 0 saturated heterocycles. The zero-order chi connectivity index (χ0) is 10.3. The Hall–Kier alpha value is -0.860. The van der Waals surface area contributed by atoms with Crippen LogP contribution < -0.4 is 0 Å². The van der Waals surface area contributed by atoms with Crippen LogP contribution in [0.2, 0.25) is 0 Å². The summed E-state index contributed by atoms with van der Waals surface area (Å²) in [6.07, 6.45) is 2.43. The molecule has 0 bridgehead atoms. The lowest BCUT2D eigenvalue weighted by Crippen LogP contribution is -2.05. The van der Waals surface area contributed by atoms with Crippen molar-refractivity contribution in [2.24, 2.45) is 0 Å². The Balaban J connectivity index is 4.39. The van der Waals surface area contributed by atoms with Gasteiger partial charge in [-0.2, -0.15) is 0 Å². The fourth-order valence-corrected chi connectivity index (χ4v) is 1.05. The molecule has 0 aliphatic carbocycles. The molecule has 0 saturated carbocycles. The minimum absolute atomic E-state index is 0.177. The third kappa shape index (κ3) is 4.06. The summed E-state index contributed by atoms with van der Waals surface area (Å²) in [6.45, 7) is 3.73. The molecule has 13 heavy (non-hydrogen) atoms. The summed E-state index contributed by atoms with van der Waals surface area (Å²) in [5.74, 6) is -0.868. The van der Waals surface area contributed by atoms with Crippen LogP contribution >= 0.6 is 0 Å². The molecular formula is C10H17FO2. The number of ether oxygens (including phenoxy) is 1. The number of hydrogen-bond acceptors (Lipinski definition) is 2. The maximum absolute atomic E-state index is 13.3. The van der Waals surface area contributed by atoms with Crippen LogP contribution in [0.3, 0.4) is 0 Å². The molecule has 0 spiro atoms. The van der Waals surface area contributed by atoms with Gasteiger partial charge in [-0.1, -0.05) is 20.3 Å². The zero-order valence-electron chi connectivity index (χ0n) is 8.52. The van der Waals surface area contributed by atoms with Gasteiger partial charge in [0.25, 0.3) is 0 Å². The number of esters is 1. The summed E-state index contributed by atoms with van der Waals surface area (Å²) >= 11 is 0. The molecule has 0 aromatic heterocycles. The predicted molar refractivity (Wildman–Crippen MR) is 50.0 cm³/mol. The van der Waals surface area contributed by atoms with Crippen LogP contribution in [0.25, 0.3) is 0 Å². The van der Waals surface area contributed by atoms with Gasteiger partial charge in [-0.15, -0.1) is 0 Å². The van der Waals surface area contributed by atoms with E-state index in [1.807, 2.05) is 6.92 Å². The molecule has 0 unspecified atom stereocenters. The second-order valence-electron chi connectivity index (χ2n) is 2.83. The maximum Gasteiger partial charge on any atom is 0.336 e. The first-order chi connectivity index (χ1) is 6.17. The number of halogens is 1. The first kappa shape index (κ1) is 12.1. The van der Waals surface area contributed by atoms with Crippen LogP contribution in [-0.2, 0) is 9.53 Å². The Morgan fingerprint density at radius 1 is 1.38 bits per heavy atom. The second-order valence-corrected chi connectivity index (χ2v) is 2.83. The number of hydrogen-bond donors (Lipinski definition) is 0. The minimum atomic E-state index is -0.545. The standard InChI is InChI=1S/C10H17FO2/c1-4-6-7-9(11)8(5-2)10(12)13-3/h4-7H2,1-3H3. The van der Waals surface area contributed by atoms with E-state index in [9.17, 15) is 9.18 Å². The molecular weight excluding hydrogens is 171 g/mol. The van der Waals surface area contributed by atoms with Crippen LogP contribution in [-0.4, -0.2) is 13.1 Å². The number of rotatable bonds is 5. The van der Waals surface area contributed by atoms with E-state index in [1.54, 1.807) is 6.92 Å². The van der Waals surface area contributed by atoms with Crippen molar-refractivity contribution in [3.63, 3.8) is 0 Å². The van der Waals surface area contributed by atoms with E-state index in [1.165, 1.54) is 7.11 Å². The summed E-state index contributed by atoms with van der Waals surface area (Å²) in [4.78, 5) is 11.0. The number of unbranched alkanes of at least 4 members (excludes halogenated alkanes) is 1. The summed E-state index contributed by atoms with van der Waals surface area (Å²) in [6, 6.07) is 0. The Morgan fingerprint density at radius 2 is 2.00 bits per heavy atom. The monoisotopic (exact) mass is 188 g/mol. The molecule has 0 atom stereocenters. The summed E-state index contributed by atoms with van der Waals surface area (Å²) < 4.78 is 17.7. The zero-order valence-corrected chi connectivity index (χ0v) is 8.52. The number of allylic oxidation sites excluding steroid dienone is 1. The molecule has 0 rings (SSSR count). The van der Waals surface area contributed by atoms with Gasteiger partial charge in [-0.05, 0) is 19.3 Å². The van der Waals surface area contributed by atoms with Crippen LogP contribution in [0.1, 0.15) is 39.5 Å². The van der Waals surface area contributed by atoms with Crippen molar-refractivity contribution in [3.8, 4) is 0 Å². The number of methoxy groups -OCH3 is 1. The van der Waals surface area contributed by atoms with Gasteiger partial charge in [0.1, 0.15) is 5.83 Å². The van der Waals surface area contributed by atoms with Gasteiger partial charge in [-0.25, -0.2) is 9.18 Å². The molecule has 0 amide bonds. The largest absolute Gasteiger partial charge is 0.466 e. The number of carbonyl (C=O) groups is 1. The van der Waals surface area contributed by atoms with Crippen LogP contribution in [0.5, 0.6) is 0 Å². The van der Waals surface area contributed by atoms with Crippen molar-refractivity contribution in [2.45, 2.75) is 39.5 Å². The van der Waals surface area contributed by atoms with Crippen molar-refractivity contribution in [2.75, 3.05) is 7.11 Å². The van der Waals surface area contributed by atoms with Gasteiger partial charge in [0.15, 0.2) is 0 Å². The van der Waals surface area contributed by atoms with Crippen molar-refractivity contribution < 1.29 is 13.9 Å². The molecule has 0 fully saturated rings. The van der Waals surface area contributed by atoms with Crippen LogP contribution in [0.15, 0.2) is 11.4 Å². The summed E-state index contributed by atoms with van der Waals surface area (Å²) in [5.41, 5.74) is 0.177. The average molecular weight is 188 g/mol. The molecule has 76 valence electrons. The third-order valence-electron chi connectivity index (χ3n) is 1.86. The molecule has 0 aliphatic heterocycles. The highest BCUT2D eigenvalue weighted by Crippen LogP contribution is 2.17. The summed E-state index contributed by atoms with van der Waals surface area (Å²) in [5, 5.41) is 0. The Morgan fingerprint density at radius 3 is 2.38 bits per heavy atom. The Kier molecular flexibility index (Phi) is 6.20. The van der Waals surface area contributed by atoms with E-state index in [0.29, 0.717) is 12.8 Å². The van der Waals surface area contributed by atoms with Crippen LogP contribution in [0.4, 0.5) is 4.39 Å². The van der Waals surface area contributed by atoms with Gasteiger partial charge >= 0.3 is 5.97 Å². The van der Waals surface area contributed by atoms with E-state index < -0.39 is 5.97 Å². The highest BCUT2D eigenvalue weighted by atomic mass is 19.1. The van der Waals surface area contributed by atoms with Crippen molar-refractivity contribution in [3.05, 3.63) is 11.4 Å². The molecule has 0 heterocycles. The maximum atomic E-state index is 13.3. The SMILES string of the molecule is CCCCC(F)=C(CC)C(=O)OC. The first-order valence-corrected chi connectivity index (χ1v) is 4.63. The highest BCUT2D eigenvalue weighted by molar-refractivity contribution is 5.88. The number of carbonyl (C=O) groups excluding carboxylic acids is 1. The Bertz CT molecular complexity index is 197. The quantitative estimate of drug-likeness (QED) is 0.489. The van der Waals surface area contributed by atoms with Gasteiger partial charge in [0.05, 0.1) is 12.7 Å². The van der Waals surface area contributed by atoms with Gasteiger partial charge < -0.3 is 4.74 Å². The van der Waals surface area contributed by atoms with E-state index in [2.05, 4.69) is 4.74 Å². The lowest BCUT2D eigenvalue weighted by molar-refractivity contribution is -0.136. The highest BCUT2D eigenvalue weighted by Gasteiger charge is 2.13.